The molecule has 5 heteroatoms. The minimum Gasteiger partial charge on any atom is -0.465 e. The van der Waals surface area contributed by atoms with Gasteiger partial charge in [0.25, 0.3) is 0 Å². The van der Waals surface area contributed by atoms with Crippen molar-refractivity contribution in [2.75, 3.05) is 51.5 Å². The summed E-state index contributed by atoms with van der Waals surface area (Å²) < 4.78 is 4.86. The predicted molar refractivity (Wildman–Crippen MR) is 85.7 cm³/mol. The number of carbonyl (C=O) groups excluding carboxylic acids is 1. The van der Waals surface area contributed by atoms with E-state index in [9.17, 15) is 4.79 Å². The fraction of sp³-hybridized carbons (Fsp3) is 0.562. The molecular formula is C16H25N3O2. The van der Waals surface area contributed by atoms with Crippen molar-refractivity contribution in [3.05, 3.63) is 23.8 Å². The van der Waals surface area contributed by atoms with Gasteiger partial charge in [-0.05, 0) is 51.0 Å². The van der Waals surface area contributed by atoms with Crippen molar-refractivity contribution in [1.29, 1.82) is 0 Å². The van der Waals surface area contributed by atoms with Crippen LogP contribution in [0.1, 0.15) is 23.2 Å². The van der Waals surface area contributed by atoms with E-state index in [1.54, 1.807) is 12.1 Å². The third kappa shape index (κ3) is 3.67. The first kappa shape index (κ1) is 15.6. The average molecular weight is 291 g/mol. The van der Waals surface area contributed by atoms with Crippen LogP contribution in [0.5, 0.6) is 0 Å². The molecule has 2 rings (SSSR count). The molecule has 0 spiro atoms. The van der Waals surface area contributed by atoms with E-state index in [1.807, 2.05) is 13.1 Å². The van der Waals surface area contributed by atoms with Crippen LogP contribution in [0.4, 0.5) is 11.4 Å². The van der Waals surface area contributed by atoms with Crippen LogP contribution in [0, 0.1) is 5.92 Å². The minimum atomic E-state index is -0.340. The number of hydrogen-bond donors (Lipinski definition) is 1. The monoisotopic (exact) mass is 291 g/mol. The molecular weight excluding hydrogens is 266 g/mol. The van der Waals surface area contributed by atoms with Gasteiger partial charge in [0.05, 0.1) is 24.0 Å². The molecule has 1 aromatic rings. The molecule has 1 aliphatic rings. The maximum Gasteiger partial charge on any atom is 0.340 e. The SMILES string of the molecule is COC(=O)c1cccc(N)c1N(C)CC1CCN(C)CC1. The van der Waals surface area contributed by atoms with Crippen molar-refractivity contribution in [1.82, 2.24) is 4.90 Å². The summed E-state index contributed by atoms with van der Waals surface area (Å²) in [6.45, 7) is 3.17. The number of anilines is 2. The minimum absolute atomic E-state index is 0.340. The van der Waals surface area contributed by atoms with Crippen LogP contribution in [0.25, 0.3) is 0 Å². The zero-order chi connectivity index (χ0) is 15.4. The summed E-state index contributed by atoms with van der Waals surface area (Å²) in [5, 5.41) is 0. The van der Waals surface area contributed by atoms with E-state index in [4.69, 9.17) is 10.5 Å². The van der Waals surface area contributed by atoms with Crippen LogP contribution in [0.3, 0.4) is 0 Å². The molecule has 0 amide bonds. The van der Waals surface area contributed by atoms with Gasteiger partial charge in [0.2, 0.25) is 0 Å². The van der Waals surface area contributed by atoms with E-state index in [0.717, 1.165) is 25.3 Å². The first-order valence-electron chi connectivity index (χ1n) is 7.39. The van der Waals surface area contributed by atoms with E-state index in [2.05, 4.69) is 16.8 Å². The lowest BCUT2D eigenvalue weighted by molar-refractivity contribution is 0.0601. The zero-order valence-electron chi connectivity index (χ0n) is 13.1. The Balaban J connectivity index is 2.15. The summed E-state index contributed by atoms with van der Waals surface area (Å²) in [5.74, 6) is 0.295. The highest BCUT2D eigenvalue weighted by Gasteiger charge is 2.22. The summed E-state index contributed by atoms with van der Waals surface area (Å²) in [5.41, 5.74) is 8.02. The van der Waals surface area contributed by atoms with E-state index >= 15 is 0 Å². The molecule has 0 bridgehead atoms. The lowest BCUT2D eigenvalue weighted by Crippen LogP contribution is -2.36. The molecule has 0 atom stereocenters. The zero-order valence-corrected chi connectivity index (χ0v) is 13.1. The molecule has 1 saturated heterocycles. The number of benzene rings is 1. The first-order valence-corrected chi connectivity index (χ1v) is 7.39. The Labute approximate surface area is 126 Å². The highest BCUT2D eigenvalue weighted by atomic mass is 16.5. The molecule has 116 valence electrons. The van der Waals surface area contributed by atoms with Gasteiger partial charge in [-0.15, -0.1) is 0 Å². The Morgan fingerprint density at radius 3 is 2.71 bits per heavy atom. The first-order chi connectivity index (χ1) is 10.0. The average Bonchev–Trinajstić information content (AvgIpc) is 2.48. The van der Waals surface area contributed by atoms with Gasteiger partial charge in [0.1, 0.15) is 0 Å². The molecule has 1 aromatic carbocycles. The number of hydrogen-bond acceptors (Lipinski definition) is 5. The van der Waals surface area contributed by atoms with Crippen molar-refractivity contribution >= 4 is 17.3 Å². The Kier molecular flexibility index (Phi) is 5.07. The summed E-state index contributed by atoms with van der Waals surface area (Å²) in [7, 11) is 5.55. The maximum absolute atomic E-state index is 11.9. The van der Waals surface area contributed by atoms with Gasteiger partial charge in [-0.2, -0.15) is 0 Å². The normalized spacial score (nSPS) is 16.7. The van der Waals surface area contributed by atoms with E-state index in [-0.39, 0.29) is 5.97 Å². The molecule has 1 fully saturated rings. The van der Waals surface area contributed by atoms with Crippen molar-refractivity contribution in [3.8, 4) is 0 Å². The second kappa shape index (κ2) is 6.80. The Morgan fingerprint density at radius 1 is 1.43 bits per heavy atom. The number of nitrogen functional groups attached to an aromatic ring is 1. The summed E-state index contributed by atoms with van der Waals surface area (Å²) in [6.07, 6.45) is 2.36. The largest absolute Gasteiger partial charge is 0.465 e. The molecule has 21 heavy (non-hydrogen) atoms. The van der Waals surface area contributed by atoms with Gasteiger partial charge < -0.3 is 20.3 Å². The second-order valence-corrected chi connectivity index (χ2v) is 5.86. The Bertz CT molecular complexity index is 496. The molecule has 0 saturated carbocycles. The quantitative estimate of drug-likeness (QED) is 0.677. The molecule has 0 aromatic heterocycles. The number of esters is 1. The van der Waals surface area contributed by atoms with Gasteiger partial charge >= 0.3 is 5.97 Å². The van der Waals surface area contributed by atoms with Gasteiger partial charge in [0, 0.05) is 13.6 Å². The van der Waals surface area contributed by atoms with Crippen LogP contribution in [-0.2, 0) is 4.74 Å². The number of rotatable bonds is 4. The van der Waals surface area contributed by atoms with Gasteiger partial charge in [-0.25, -0.2) is 4.79 Å². The lowest BCUT2D eigenvalue weighted by Gasteiger charge is -2.33. The van der Waals surface area contributed by atoms with Crippen molar-refractivity contribution < 1.29 is 9.53 Å². The third-order valence-corrected chi connectivity index (χ3v) is 4.22. The Morgan fingerprint density at radius 2 is 2.10 bits per heavy atom. The number of para-hydroxylation sites is 1. The van der Waals surface area contributed by atoms with E-state index in [1.165, 1.54) is 20.0 Å². The van der Waals surface area contributed by atoms with Gasteiger partial charge in [0.15, 0.2) is 0 Å². The fourth-order valence-corrected chi connectivity index (χ4v) is 2.99. The molecule has 2 N–H and O–H groups in total. The van der Waals surface area contributed by atoms with Crippen LogP contribution < -0.4 is 10.6 Å². The summed E-state index contributed by atoms with van der Waals surface area (Å²) in [6, 6.07) is 5.38. The van der Waals surface area contributed by atoms with Crippen LogP contribution >= 0.6 is 0 Å². The highest BCUT2D eigenvalue weighted by Crippen LogP contribution is 2.29. The number of methoxy groups -OCH3 is 1. The lowest BCUT2D eigenvalue weighted by atomic mass is 9.96. The van der Waals surface area contributed by atoms with Gasteiger partial charge in [-0.1, -0.05) is 6.07 Å². The standard InChI is InChI=1S/C16H25N3O2/c1-18-9-7-12(8-10-18)11-19(2)15-13(16(20)21-3)5-4-6-14(15)17/h4-6,12H,7-11,17H2,1-3H3. The topological polar surface area (TPSA) is 58.8 Å². The maximum atomic E-state index is 11.9. The van der Waals surface area contributed by atoms with E-state index in [0.29, 0.717) is 17.2 Å². The molecule has 1 heterocycles. The number of ether oxygens (including phenoxy) is 1. The van der Waals surface area contributed by atoms with E-state index < -0.39 is 0 Å². The molecule has 0 radical (unpaired) electrons. The van der Waals surface area contributed by atoms with Crippen LogP contribution in [-0.4, -0.2) is 51.7 Å². The molecule has 5 nitrogen and oxygen atoms in total. The smallest absolute Gasteiger partial charge is 0.340 e. The molecule has 1 aliphatic heterocycles. The number of nitrogens with zero attached hydrogens (tertiary/aromatic N) is 2. The summed E-state index contributed by atoms with van der Waals surface area (Å²) in [4.78, 5) is 16.4. The van der Waals surface area contributed by atoms with Crippen LogP contribution in [0.2, 0.25) is 0 Å². The second-order valence-electron chi connectivity index (χ2n) is 5.86. The predicted octanol–water partition coefficient (Wildman–Crippen LogP) is 1.83. The highest BCUT2D eigenvalue weighted by molar-refractivity contribution is 5.99. The number of nitrogens with two attached hydrogens (primary N) is 1. The number of piperidine rings is 1. The Hall–Kier alpha value is -1.75. The van der Waals surface area contributed by atoms with Crippen molar-refractivity contribution in [2.24, 2.45) is 5.92 Å². The van der Waals surface area contributed by atoms with Crippen molar-refractivity contribution in [3.63, 3.8) is 0 Å². The molecule has 0 unspecified atom stereocenters. The van der Waals surface area contributed by atoms with Crippen LogP contribution in [0.15, 0.2) is 18.2 Å². The third-order valence-electron chi connectivity index (χ3n) is 4.22. The fourth-order valence-electron chi connectivity index (χ4n) is 2.99. The number of likely N-dealkylation sites (tertiary alicyclic amines) is 1. The van der Waals surface area contributed by atoms with Gasteiger partial charge in [-0.3, -0.25) is 0 Å². The van der Waals surface area contributed by atoms with Crippen molar-refractivity contribution in [2.45, 2.75) is 12.8 Å². The number of carbonyl (C=O) groups is 1. The molecule has 0 aliphatic carbocycles. The summed E-state index contributed by atoms with van der Waals surface area (Å²) >= 11 is 0.